The van der Waals surface area contributed by atoms with Crippen molar-refractivity contribution in [2.45, 2.75) is 154 Å². The van der Waals surface area contributed by atoms with Crippen LogP contribution in [0.25, 0.3) is 0 Å². The quantitative estimate of drug-likeness (QED) is 0.157. The maximum Gasteiger partial charge on any atom is 0.410 e. The standard InChI is InChI=1S/C55H81N9O14S2/c1-34(59(9)52(71)77-54(3,4)5)44(65)31-36(50(69)61-29-27-42-45(61)39(32-63(42)79(11,73)74)48(67)56-37-22-15-13-16-23-37)21-19-20-26-41(58-47(66)35(2)60(10)53(72)78-55(6,7)8)51(70)62-30-28-43-46(62)40(33-64(43)80(12,75)76)49(68)57-38-24-17-14-18-25-38/h13-18,22-25,34-36,39-43,45-46H,19-21,26-33H2,1-12H3,(H,56,67)(H,57,68)(H,58,66)/t34-,35-,36+,39-,40-,41-,42+,43+,45+,46+/m0/s1. The molecule has 4 heterocycles. The van der Waals surface area contributed by atoms with Crippen LogP contribution in [-0.4, -0.2) is 199 Å². The lowest BCUT2D eigenvalue weighted by atomic mass is 9.90. The third kappa shape index (κ3) is 15.4. The second-order valence-electron chi connectivity index (χ2n) is 23.6. The Balaban J connectivity index is 1.29. The van der Waals surface area contributed by atoms with Crippen LogP contribution < -0.4 is 16.0 Å². The first-order valence-corrected chi connectivity index (χ1v) is 30.9. The number of hydrogen-bond donors (Lipinski definition) is 3. The number of unbranched alkanes of at least 4 members (excludes halogenated alkanes) is 1. The van der Waals surface area contributed by atoms with E-state index in [-0.39, 0.29) is 71.1 Å². The van der Waals surface area contributed by atoms with Crippen molar-refractivity contribution < 1.29 is 64.7 Å². The fourth-order valence-electron chi connectivity index (χ4n) is 11.2. The molecule has 7 amide bonds. The predicted molar refractivity (Wildman–Crippen MR) is 298 cm³/mol. The van der Waals surface area contributed by atoms with E-state index in [0.29, 0.717) is 11.4 Å². The van der Waals surface area contributed by atoms with Crippen LogP contribution in [0.5, 0.6) is 0 Å². The molecule has 80 heavy (non-hydrogen) atoms. The maximum absolute atomic E-state index is 15.2. The molecule has 4 aliphatic rings. The van der Waals surface area contributed by atoms with Crippen molar-refractivity contribution >= 4 is 78.9 Å². The van der Waals surface area contributed by atoms with E-state index in [1.165, 1.54) is 46.4 Å². The lowest BCUT2D eigenvalue weighted by molar-refractivity contribution is -0.141. The molecular weight excluding hydrogens is 1070 g/mol. The highest BCUT2D eigenvalue weighted by Gasteiger charge is 2.57. The highest BCUT2D eigenvalue weighted by atomic mass is 32.2. The molecule has 4 saturated heterocycles. The molecular formula is C55H81N9O14S2. The minimum absolute atomic E-state index is 0.0319. The molecule has 0 saturated carbocycles. The Morgan fingerprint density at radius 1 is 0.613 bits per heavy atom. The van der Waals surface area contributed by atoms with Crippen molar-refractivity contribution in [3.63, 3.8) is 0 Å². The monoisotopic (exact) mass is 1160 g/mol. The molecule has 3 N–H and O–H groups in total. The van der Waals surface area contributed by atoms with Gasteiger partial charge in [0.15, 0.2) is 5.78 Å². The molecule has 4 fully saturated rings. The summed E-state index contributed by atoms with van der Waals surface area (Å²) in [6.45, 7) is 12.8. The third-order valence-electron chi connectivity index (χ3n) is 15.4. The van der Waals surface area contributed by atoms with E-state index < -0.39 is 139 Å². The highest BCUT2D eigenvalue weighted by molar-refractivity contribution is 7.88. The number of ketones is 1. The summed E-state index contributed by atoms with van der Waals surface area (Å²) < 4.78 is 66.4. The molecule has 25 heteroatoms. The Morgan fingerprint density at radius 3 is 1.43 bits per heavy atom. The van der Waals surface area contributed by atoms with Gasteiger partial charge in [-0.2, -0.15) is 8.61 Å². The van der Waals surface area contributed by atoms with Crippen LogP contribution in [0.4, 0.5) is 21.0 Å². The van der Waals surface area contributed by atoms with Gasteiger partial charge in [0, 0.05) is 76.1 Å². The Morgan fingerprint density at radius 2 is 1.01 bits per heavy atom. The van der Waals surface area contributed by atoms with Gasteiger partial charge in [0.25, 0.3) is 0 Å². The van der Waals surface area contributed by atoms with Gasteiger partial charge in [-0.25, -0.2) is 26.4 Å². The lowest BCUT2D eigenvalue weighted by Gasteiger charge is -2.33. The van der Waals surface area contributed by atoms with Gasteiger partial charge < -0.3 is 40.1 Å². The van der Waals surface area contributed by atoms with Gasteiger partial charge in [-0.15, -0.1) is 0 Å². The van der Waals surface area contributed by atoms with Gasteiger partial charge in [0.05, 0.1) is 42.5 Å². The first-order chi connectivity index (χ1) is 37.2. The van der Waals surface area contributed by atoms with Crippen LogP contribution in [0.15, 0.2) is 60.7 Å². The fourth-order valence-corrected chi connectivity index (χ4v) is 13.5. The maximum atomic E-state index is 15.2. The van der Waals surface area contributed by atoms with Crippen molar-refractivity contribution in [2.24, 2.45) is 17.8 Å². The first kappa shape index (κ1) is 63.0. The van der Waals surface area contributed by atoms with Gasteiger partial charge in [0.2, 0.25) is 49.6 Å². The number of carbonyl (C=O) groups excluding carboxylic acids is 8. The molecule has 0 radical (unpaired) electrons. The summed E-state index contributed by atoms with van der Waals surface area (Å²) in [5, 5.41) is 8.56. The normalized spacial score (nSPS) is 22.9. The Kier molecular flexibility index (Phi) is 19.9. The van der Waals surface area contributed by atoms with E-state index in [0.717, 1.165) is 22.3 Å². The second-order valence-corrected chi connectivity index (χ2v) is 27.5. The van der Waals surface area contributed by atoms with Crippen LogP contribution in [0.2, 0.25) is 0 Å². The van der Waals surface area contributed by atoms with Gasteiger partial charge in [0.1, 0.15) is 23.3 Å². The number of anilines is 2. The Bertz CT molecular complexity index is 2660. The molecule has 4 aliphatic heterocycles. The number of hydrogen-bond acceptors (Lipinski definition) is 14. The molecule has 6 rings (SSSR count). The zero-order valence-corrected chi connectivity index (χ0v) is 49.7. The number of ether oxygens (including phenoxy) is 2. The summed E-state index contributed by atoms with van der Waals surface area (Å²) in [4.78, 5) is 118. The number of carbonyl (C=O) groups is 8. The number of nitrogens with one attached hydrogen (secondary N) is 3. The third-order valence-corrected chi connectivity index (χ3v) is 18.0. The van der Waals surface area contributed by atoms with E-state index in [4.69, 9.17) is 9.47 Å². The summed E-state index contributed by atoms with van der Waals surface area (Å²) in [5.41, 5.74) is -0.827. The van der Waals surface area contributed by atoms with E-state index >= 15 is 9.59 Å². The van der Waals surface area contributed by atoms with Crippen LogP contribution in [-0.2, 0) is 58.3 Å². The SMILES string of the molecule is C[C@@H](C(=O)C[C@@H](CCCC[C@H](NC(=O)[C@H](C)N(C)C(=O)OC(C)(C)C)C(=O)N1CC[C@@H]2[C@H]1[C@@H](C(=O)Nc1ccccc1)CN2S(C)(=O)=O)C(=O)N1CC[C@@H]2[C@H]1[C@@H](C(=O)Nc1ccccc1)CN2S(C)(=O)=O)N(C)C(=O)OC(C)(C)C. The molecule has 23 nitrogen and oxygen atoms in total. The Hall–Kier alpha value is -6.18. The van der Waals surface area contributed by atoms with Crippen molar-refractivity contribution in [2.75, 3.05) is 63.4 Å². The number of fused-ring (bicyclic) bond motifs is 2. The average Bonchev–Trinajstić information content (AvgIpc) is 4.36. The minimum Gasteiger partial charge on any atom is -0.444 e. The number of benzene rings is 2. The minimum atomic E-state index is -3.86. The topological polar surface area (TPSA) is 279 Å². The highest BCUT2D eigenvalue weighted by Crippen LogP contribution is 2.41. The molecule has 0 spiro atoms. The fraction of sp³-hybridized carbons (Fsp3) is 0.636. The van der Waals surface area contributed by atoms with Crippen molar-refractivity contribution in [1.82, 2.24) is 33.5 Å². The van der Waals surface area contributed by atoms with Gasteiger partial charge in [-0.05, 0) is 105 Å². The number of likely N-dealkylation sites (N-methyl/N-ethyl adjacent to an activating group) is 2. The number of rotatable bonds is 20. The predicted octanol–water partition coefficient (Wildman–Crippen LogP) is 4.12. The zero-order chi connectivity index (χ0) is 59.4. The largest absolute Gasteiger partial charge is 0.444 e. The van der Waals surface area contributed by atoms with E-state index in [9.17, 15) is 45.6 Å². The lowest BCUT2D eigenvalue weighted by Crippen LogP contribution is -2.56. The number of nitrogens with zero attached hydrogens (tertiary/aromatic N) is 6. The van der Waals surface area contributed by atoms with E-state index in [1.54, 1.807) is 102 Å². The number of likely N-dealkylation sites (tertiary alicyclic amines) is 2. The molecule has 2 aromatic carbocycles. The Labute approximate surface area is 470 Å². The van der Waals surface area contributed by atoms with Crippen molar-refractivity contribution in [3.8, 4) is 0 Å². The van der Waals surface area contributed by atoms with E-state index in [1.807, 2.05) is 0 Å². The summed E-state index contributed by atoms with van der Waals surface area (Å²) in [6.07, 6.45) is 0.906. The second kappa shape index (κ2) is 25.3. The molecule has 0 aliphatic carbocycles. The van der Waals surface area contributed by atoms with Crippen molar-refractivity contribution in [1.29, 1.82) is 0 Å². The summed E-state index contributed by atoms with van der Waals surface area (Å²) >= 11 is 0. The number of Topliss-reactive ketones (excluding diaryl/α,β-unsaturated/α-hetero) is 1. The van der Waals surface area contributed by atoms with E-state index in [2.05, 4.69) is 16.0 Å². The smallest absolute Gasteiger partial charge is 0.410 e. The molecule has 0 bridgehead atoms. The van der Waals surface area contributed by atoms with Crippen LogP contribution in [0.3, 0.4) is 0 Å². The van der Waals surface area contributed by atoms with Crippen molar-refractivity contribution in [3.05, 3.63) is 60.7 Å². The number of amides is 7. The zero-order valence-electron chi connectivity index (χ0n) is 48.0. The number of para-hydroxylation sites is 2. The summed E-state index contributed by atoms with van der Waals surface area (Å²) in [5.74, 6) is -6.37. The summed E-state index contributed by atoms with van der Waals surface area (Å²) in [6, 6.07) is 10.4. The van der Waals surface area contributed by atoms with Crippen LogP contribution in [0, 0.1) is 17.8 Å². The first-order valence-electron chi connectivity index (χ1n) is 27.2. The van der Waals surface area contributed by atoms with Gasteiger partial charge in [-0.3, -0.25) is 33.7 Å². The van der Waals surface area contributed by atoms with Gasteiger partial charge >= 0.3 is 12.2 Å². The molecule has 442 valence electrons. The van der Waals surface area contributed by atoms with Gasteiger partial charge in [-0.1, -0.05) is 49.2 Å². The van der Waals surface area contributed by atoms with Crippen LogP contribution >= 0.6 is 0 Å². The number of sulfonamides is 2. The molecule has 0 aromatic heterocycles. The molecule has 2 aromatic rings. The summed E-state index contributed by atoms with van der Waals surface area (Å²) in [7, 11) is -4.93. The van der Waals surface area contributed by atoms with Crippen LogP contribution in [0.1, 0.15) is 100 Å². The average molecular weight is 1160 g/mol. The molecule has 10 atom stereocenters. The molecule has 0 unspecified atom stereocenters.